The number of aromatic nitrogens is 3. The van der Waals surface area contributed by atoms with Gasteiger partial charge in [-0.2, -0.15) is 5.10 Å². The maximum atomic E-state index is 12.3. The first-order chi connectivity index (χ1) is 9.54. The van der Waals surface area contributed by atoms with Gasteiger partial charge >= 0.3 is 0 Å². The van der Waals surface area contributed by atoms with Crippen molar-refractivity contribution in [3.63, 3.8) is 0 Å². The zero-order chi connectivity index (χ0) is 14.7. The molecule has 2 rings (SSSR count). The Balaban J connectivity index is 2.21. The van der Waals surface area contributed by atoms with Crippen molar-refractivity contribution in [2.45, 2.75) is 33.7 Å². The molecule has 2 heterocycles. The molecule has 2 aromatic heterocycles. The number of aryl methyl sites for hydroxylation is 2. The second kappa shape index (κ2) is 5.77. The normalized spacial score (nSPS) is 10.6. The molecular formula is C15H17N3O2. The topological polar surface area (TPSA) is 64.8 Å². The number of nitrogens with zero attached hydrogens (tertiary/aromatic N) is 3. The smallest absolute Gasteiger partial charge is 0.174 e. The predicted molar refractivity (Wildman–Crippen MR) is 74.9 cm³/mol. The fourth-order valence-corrected chi connectivity index (χ4v) is 2.28. The van der Waals surface area contributed by atoms with Crippen LogP contribution in [0, 0.1) is 13.8 Å². The molecule has 5 heteroatoms. The number of hydrogen-bond donors (Lipinski definition) is 0. The second-order valence-corrected chi connectivity index (χ2v) is 4.62. The third-order valence-electron chi connectivity index (χ3n) is 3.28. The van der Waals surface area contributed by atoms with Crippen LogP contribution in [0.25, 0.3) is 0 Å². The minimum atomic E-state index is -0.194. The molecule has 5 nitrogen and oxygen atoms in total. The van der Waals surface area contributed by atoms with Gasteiger partial charge in [-0.25, -0.2) is 0 Å². The Bertz CT molecular complexity index is 645. The minimum absolute atomic E-state index is 0.138. The average molecular weight is 271 g/mol. The van der Waals surface area contributed by atoms with Crippen molar-refractivity contribution in [2.75, 3.05) is 0 Å². The summed E-state index contributed by atoms with van der Waals surface area (Å²) in [5, 5.41) is 4.30. The molecule has 0 saturated carbocycles. The van der Waals surface area contributed by atoms with Crippen LogP contribution in [0.5, 0.6) is 0 Å². The van der Waals surface area contributed by atoms with Gasteiger partial charge in [-0.15, -0.1) is 0 Å². The number of ketones is 2. The second-order valence-electron chi connectivity index (χ2n) is 4.62. The maximum absolute atomic E-state index is 12.3. The van der Waals surface area contributed by atoms with Gasteiger partial charge in [0.15, 0.2) is 11.6 Å². The van der Waals surface area contributed by atoms with Crippen LogP contribution in [0.1, 0.15) is 45.4 Å². The molecule has 0 aromatic carbocycles. The first kappa shape index (κ1) is 14.1. The fraction of sp³-hybridized carbons (Fsp3) is 0.333. The molecule has 0 bridgehead atoms. The van der Waals surface area contributed by atoms with Crippen LogP contribution in [0.4, 0.5) is 0 Å². The first-order valence-electron chi connectivity index (χ1n) is 6.55. The van der Waals surface area contributed by atoms with E-state index in [-0.39, 0.29) is 18.0 Å². The highest BCUT2D eigenvalue weighted by molar-refractivity contribution is 6.14. The Labute approximate surface area is 117 Å². The van der Waals surface area contributed by atoms with Crippen molar-refractivity contribution >= 4 is 11.6 Å². The van der Waals surface area contributed by atoms with Crippen molar-refractivity contribution in [3.8, 4) is 0 Å². The molecule has 2 aromatic rings. The lowest BCUT2D eigenvalue weighted by Crippen LogP contribution is -2.10. The number of rotatable bonds is 5. The summed E-state index contributed by atoms with van der Waals surface area (Å²) in [5.41, 5.74) is 2.57. The van der Waals surface area contributed by atoms with Crippen molar-refractivity contribution < 1.29 is 9.59 Å². The van der Waals surface area contributed by atoms with Crippen molar-refractivity contribution in [3.05, 3.63) is 47.0 Å². The lowest BCUT2D eigenvalue weighted by molar-refractivity contribution is 0.0893. The van der Waals surface area contributed by atoms with Crippen molar-refractivity contribution in [1.29, 1.82) is 0 Å². The number of Topliss-reactive ketones (excluding diaryl/α,β-unsaturated/α-hetero) is 2. The van der Waals surface area contributed by atoms with Gasteiger partial charge in [-0.05, 0) is 32.9 Å². The summed E-state index contributed by atoms with van der Waals surface area (Å²) in [4.78, 5) is 28.2. The molecular weight excluding hydrogens is 254 g/mol. The molecule has 104 valence electrons. The van der Waals surface area contributed by atoms with E-state index < -0.39 is 0 Å². The van der Waals surface area contributed by atoms with Gasteiger partial charge in [0, 0.05) is 30.2 Å². The van der Waals surface area contributed by atoms with E-state index in [1.807, 2.05) is 13.8 Å². The monoisotopic (exact) mass is 271 g/mol. The Morgan fingerprint density at radius 2 is 1.80 bits per heavy atom. The van der Waals surface area contributed by atoms with Crippen LogP contribution in [-0.2, 0) is 6.54 Å². The van der Waals surface area contributed by atoms with Crippen molar-refractivity contribution in [2.24, 2.45) is 0 Å². The minimum Gasteiger partial charge on any atom is -0.294 e. The van der Waals surface area contributed by atoms with Gasteiger partial charge < -0.3 is 0 Å². The average Bonchev–Trinajstić information content (AvgIpc) is 2.74. The third kappa shape index (κ3) is 2.66. The van der Waals surface area contributed by atoms with E-state index in [0.29, 0.717) is 23.4 Å². The summed E-state index contributed by atoms with van der Waals surface area (Å²) in [6, 6.07) is 3.23. The molecule has 0 aliphatic heterocycles. The van der Waals surface area contributed by atoms with E-state index in [2.05, 4.69) is 10.1 Å². The van der Waals surface area contributed by atoms with E-state index in [1.54, 1.807) is 36.1 Å². The van der Waals surface area contributed by atoms with Crippen LogP contribution in [0.2, 0.25) is 0 Å². The Hall–Kier alpha value is -2.30. The molecule has 0 N–H and O–H groups in total. The molecule has 0 fully saturated rings. The molecule has 0 spiro atoms. The SMILES string of the molecule is CCn1nc(C)c(C(=O)CC(=O)c2ccncc2)c1C. The Morgan fingerprint density at radius 1 is 1.15 bits per heavy atom. The summed E-state index contributed by atoms with van der Waals surface area (Å²) < 4.78 is 1.78. The molecule has 0 amide bonds. The lowest BCUT2D eigenvalue weighted by Gasteiger charge is -2.02. The van der Waals surface area contributed by atoms with Gasteiger partial charge in [0.25, 0.3) is 0 Å². The lowest BCUT2D eigenvalue weighted by atomic mass is 10.0. The summed E-state index contributed by atoms with van der Waals surface area (Å²) in [5.74, 6) is -0.373. The predicted octanol–water partition coefficient (Wildman–Crippen LogP) is 2.37. The Kier molecular flexibility index (Phi) is 4.08. The first-order valence-corrected chi connectivity index (χ1v) is 6.55. The summed E-state index contributed by atoms with van der Waals surface area (Å²) >= 11 is 0. The molecule has 0 unspecified atom stereocenters. The third-order valence-corrected chi connectivity index (χ3v) is 3.28. The number of hydrogen-bond acceptors (Lipinski definition) is 4. The molecule has 20 heavy (non-hydrogen) atoms. The van der Waals surface area contributed by atoms with Crippen LogP contribution in [0.3, 0.4) is 0 Å². The fourth-order valence-electron chi connectivity index (χ4n) is 2.28. The van der Waals surface area contributed by atoms with E-state index in [4.69, 9.17) is 0 Å². The van der Waals surface area contributed by atoms with Gasteiger partial charge in [-0.1, -0.05) is 0 Å². The summed E-state index contributed by atoms with van der Waals surface area (Å²) in [6.07, 6.45) is 2.95. The van der Waals surface area contributed by atoms with Gasteiger partial charge in [0.1, 0.15) is 0 Å². The Morgan fingerprint density at radius 3 is 2.35 bits per heavy atom. The van der Waals surface area contributed by atoms with E-state index in [1.165, 1.54) is 0 Å². The highest BCUT2D eigenvalue weighted by Crippen LogP contribution is 2.16. The van der Waals surface area contributed by atoms with E-state index in [9.17, 15) is 9.59 Å². The molecule has 0 saturated heterocycles. The number of carbonyl (C=O) groups excluding carboxylic acids is 2. The van der Waals surface area contributed by atoms with Crippen LogP contribution in [-0.4, -0.2) is 26.3 Å². The molecule has 0 radical (unpaired) electrons. The zero-order valence-electron chi connectivity index (χ0n) is 11.9. The summed E-state index contributed by atoms with van der Waals surface area (Å²) in [6.45, 7) is 6.32. The highest BCUT2D eigenvalue weighted by atomic mass is 16.1. The van der Waals surface area contributed by atoms with Crippen LogP contribution < -0.4 is 0 Å². The van der Waals surface area contributed by atoms with Gasteiger partial charge in [0.2, 0.25) is 0 Å². The van der Waals surface area contributed by atoms with Crippen LogP contribution in [0.15, 0.2) is 24.5 Å². The standard InChI is InChI=1S/C15H17N3O2/c1-4-18-11(3)15(10(2)17-18)14(20)9-13(19)12-5-7-16-8-6-12/h5-8H,4,9H2,1-3H3. The molecule has 0 aliphatic rings. The van der Waals surface area contributed by atoms with E-state index >= 15 is 0 Å². The van der Waals surface area contributed by atoms with Gasteiger partial charge in [0.05, 0.1) is 17.7 Å². The quantitative estimate of drug-likeness (QED) is 0.618. The van der Waals surface area contributed by atoms with Crippen molar-refractivity contribution in [1.82, 2.24) is 14.8 Å². The zero-order valence-corrected chi connectivity index (χ0v) is 11.9. The molecule has 0 aliphatic carbocycles. The largest absolute Gasteiger partial charge is 0.294 e. The van der Waals surface area contributed by atoms with Gasteiger partial charge in [-0.3, -0.25) is 19.3 Å². The maximum Gasteiger partial charge on any atom is 0.174 e. The molecule has 0 atom stereocenters. The number of pyridine rings is 1. The van der Waals surface area contributed by atoms with Crippen LogP contribution >= 0.6 is 0 Å². The van der Waals surface area contributed by atoms with E-state index in [0.717, 1.165) is 5.69 Å². The highest BCUT2D eigenvalue weighted by Gasteiger charge is 2.21. The number of carbonyl (C=O) groups is 2. The summed E-state index contributed by atoms with van der Waals surface area (Å²) in [7, 11) is 0.